The van der Waals surface area contributed by atoms with Gasteiger partial charge in [-0.1, -0.05) is 12.1 Å². The molecule has 2 N–H and O–H groups in total. The first-order chi connectivity index (χ1) is 13.1. The normalized spacial score (nSPS) is 19.3. The average molecular weight is 400 g/mol. The van der Waals surface area contributed by atoms with Crippen LogP contribution >= 0.6 is 22.7 Å². The molecule has 1 fully saturated rings. The van der Waals surface area contributed by atoms with Crippen LogP contribution in [0.4, 0.5) is 0 Å². The Hall–Kier alpha value is -2.25. The third kappa shape index (κ3) is 4.36. The van der Waals surface area contributed by atoms with E-state index in [-0.39, 0.29) is 17.4 Å². The van der Waals surface area contributed by atoms with Crippen LogP contribution in [-0.2, 0) is 22.6 Å². The fourth-order valence-electron chi connectivity index (χ4n) is 3.58. The lowest BCUT2D eigenvalue weighted by Gasteiger charge is -2.29. The minimum atomic E-state index is -0.300. The molecule has 1 atom stereocenters. The van der Waals surface area contributed by atoms with Gasteiger partial charge in [0.05, 0.1) is 16.8 Å². The number of benzene rings is 1. The van der Waals surface area contributed by atoms with E-state index < -0.39 is 0 Å². The fraction of sp³-hybridized carbons (Fsp3) is 0.350. The molecule has 2 aromatic heterocycles. The van der Waals surface area contributed by atoms with Gasteiger partial charge >= 0.3 is 0 Å². The Morgan fingerprint density at radius 3 is 2.93 bits per heavy atom. The Morgan fingerprint density at radius 2 is 2.19 bits per heavy atom. The van der Waals surface area contributed by atoms with Gasteiger partial charge in [0.15, 0.2) is 0 Å². The molecule has 27 heavy (non-hydrogen) atoms. The summed E-state index contributed by atoms with van der Waals surface area (Å²) >= 11 is 3.26. The molecule has 0 unspecified atom stereocenters. The van der Waals surface area contributed by atoms with E-state index in [1.165, 1.54) is 5.56 Å². The van der Waals surface area contributed by atoms with Crippen molar-refractivity contribution in [3.05, 3.63) is 51.7 Å². The summed E-state index contributed by atoms with van der Waals surface area (Å²) in [5, 5.41) is 11.2. The number of carbonyl (C=O) groups is 2. The molecule has 0 saturated carbocycles. The number of nitrogens with one attached hydrogen (secondary N) is 2. The number of hydrogen-bond donors (Lipinski definition) is 2. The zero-order valence-electron chi connectivity index (χ0n) is 14.9. The van der Waals surface area contributed by atoms with Crippen molar-refractivity contribution in [1.29, 1.82) is 0 Å². The van der Waals surface area contributed by atoms with E-state index in [1.807, 2.05) is 29.6 Å². The highest BCUT2D eigenvalue weighted by Crippen LogP contribution is 2.30. The Balaban J connectivity index is 1.33. The number of rotatable bonds is 7. The summed E-state index contributed by atoms with van der Waals surface area (Å²) in [5.41, 5.74) is 1.89. The first-order valence-corrected chi connectivity index (χ1v) is 10.8. The zero-order chi connectivity index (χ0) is 18.7. The van der Waals surface area contributed by atoms with Crippen LogP contribution in [0.3, 0.4) is 0 Å². The van der Waals surface area contributed by atoms with Crippen LogP contribution in [0, 0.1) is 0 Å². The highest BCUT2D eigenvalue weighted by atomic mass is 32.1. The van der Waals surface area contributed by atoms with Gasteiger partial charge in [-0.25, -0.2) is 4.98 Å². The van der Waals surface area contributed by atoms with Crippen molar-refractivity contribution in [3.63, 3.8) is 0 Å². The maximum absolute atomic E-state index is 12.4. The number of nitrogens with zero attached hydrogens (tertiary/aromatic N) is 1. The standard InChI is InChI=1S/C20H21N3O2S2/c24-17(21-12-19-22-15-3-1-2-4-16(15)27-19)5-8-20(9-6-18(25)23-20)11-14-7-10-26-13-14/h1-4,7,10,13H,5-6,8-9,11-12H2,(H,21,24)(H,23,25)/t20-/m1/s1. The highest BCUT2D eigenvalue weighted by molar-refractivity contribution is 7.18. The highest BCUT2D eigenvalue weighted by Gasteiger charge is 2.37. The van der Waals surface area contributed by atoms with Crippen LogP contribution < -0.4 is 10.6 Å². The SMILES string of the molecule is O=C(CC[C@]1(Cc2ccsc2)CCC(=O)N1)NCc1nc2ccccc2s1. The van der Waals surface area contributed by atoms with E-state index in [9.17, 15) is 9.59 Å². The maximum Gasteiger partial charge on any atom is 0.220 e. The Kier molecular flexibility index (Phi) is 5.22. The fourth-order valence-corrected chi connectivity index (χ4v) is 5.15. The number of para-hydroxylation sites is 1. The number of thiophene rings is 1. The lowest BCUT2D eigenvalue weighted by molar-refractivity contribution is -0.122. The summed E-state index contributed by atoms with van der Waals surface area (Å²) < 4.78 is 1.13. The van der Waals surface area contributed by atoms with E-state index in [0.29, 0.717) is 25.8 Å². The molecular formula is C20H21N3O2S2. The topological polar surface area (TPSA) is 71.1 Å². The second kappa shape index (κ2) is 7.78. The van der Waals surface area contributed by atoms with E-state index in [4.69, 9.17) is 0 Å². The molecule has 1 aromatic carbocycles. The summed E-state index contributed by atoms with van der Waals surface area (Å²) in [6.07, 6.45) is 3.16. The van der Waals surface area contributed by atoms with Crippen LogP contribution in [0.5, 0.6) is 0 Å². The van der Waals surface area contributed by atoms with Crippen molar-refractivity contribution >= 4 is 44.7 Å². The molecule has 0 radical (unpaired) electrons. The summed E-state index contributed by atoms with van der Waals surface area (Å²) in [4.78, 5) is 28.7. The summed E-state index contributed by atoms with van der Waals surface area (Å²) in [7, 11) is 0. The molecule has 0 aliphatic carbocycles. The molecule has 3 heterocycles. The molecule has 3 aromatic rings. The number of aromatic nitrogens is 1. The van der Waals surface area contributed by atoms with Crippen molar-refractivity contribution in [1.82, 2.24) is 15.6 Å². The van der Waals surface area contributed by atoms with Crippen molar-refractivity contribution < 1.29 is 9.59 Å². The van der Waals surface area contributed by atoms with E-state index in [2.05, 4.69) is 27.1 Å². The number of thiazole rings is 1. The molecule has 7 heteroatoms. The van der Waals surface area contributed by atoms with Gasteiger partial charge in [-0.2, -0.15) is 11.3 Å². The lowest BCUT2D eigenvalue weighted by Crippen LogP contribution is -2.44. The van der Waals surface area contributed by atoms with E-state index >= 15 is 0 Å². The largest absolute Gasteiger partial charge is 0.350 e. The van der Waals surface area contributed by atoms with Gasteiger partial charge < -0.3 is 10.6 Å². The monoisotopic (exact) mass is 399 g/mol. The molecule has 0 spiro atoms. The zero-order valence-corrected chi connectivity index (χ0v) is 16.5. The van der Waals surface area contributed by atoms with Crippen LogP contribution in [-0.4, -0.2) is 22.3 Å². The average Bonchev–Trinajstić information content (AvgIpc) is 3.39. The first-order valence-electron chi connectivity index (χ1n) is 9.05. The smallest absolute Gasteiger partial charge is 0.220 e. The van der Waals surface area contributed by atoms with Gasteiger partial charge in [0.2, 0.25) is 11.8 Å². The lowest BCUT2D eigenvalue weighted by atomic mass is 9.85. The van der Waals surface area contributed by atoms with E-state index in [0.717, 1.165) is 28.1 Å². The quantitative estimate of drug-likeness (QED) is 0.637. The molecule has 1 aliphatic heterocycles. The van der Waals surface area contributed by atoms with Gasteiger partial charge in [0, 0.05) is 18.4 Å². The van der Waals surface area contributed by atoms with Crippen LogP contribution in [0.25, 0.3) is 10.2 Å². The maximum atomic E-state index is 12.4. The minimum Gasteiger partial charge on any atom is -0.350 e. The predicted molar refractivity (Wildman–Crippen MR) is 109 cm³/mol. The summed E-state index contributed by atoms with van der Waals surface area (Å²) in [5.74, 6) is 0.0835. The third-order valence-electron chi connectivity index (χ3n) is 4.96. The van der Waals surface area contributed by atoms with Crippen molar-refractivity contribution in [3.8, 4) is 0 Å². The van der Waals surface area contributed by atoms with Crippen LogP contribution in [0.2, 0.25) is 0 Å². The Bertz CT molecular complexity index is 918. The van der Waals surface area contributed by atoms with Gasteiger partial charge in [0.25, 0.3) is 0 Å². The van der Waals surface area contributed by atoms with E-state index in [1.54, 1.807) is 22.7 Å². The van der Waals surface area contributed by atoms with Crippen LogP contribution in [0.1, 0.15) is 36.3 Å². The third-order valence-corrected chi connectivity index (χ3v) is 6.73. The summed E-state index contributed by atoms with van der Waals surface area (Å²) in [6, 6.07) is 10.1. The Morgan fingerprint density at radius 1 is 1.30 bits per heavy atom. The van der Waals surface area contributed by atoms with Gasteiger partial charge in [-0.05, 0) is 53.8 Å². The molecule has 140 valence electrons. The molecular weight excluding hydrogens is 378 g/mol. The molecule has 2 amide bonds. The molecule has 1 aliphatic rings. The van der Waals surface area contributed by atoms with Crippen molar-refractivity contribution in [2.75, 3.05) is 0 Å². The molecule has 1 saturated heterocycles. The van der Waals surface area contributed by atoms with Gasteiger partial charge in [-0.15, -0.1) is 11.3 Å². The minimum absolute atomic E-state index is 0.0000914. The number of amides is 2. The molecule has 0 bridgehead atoms. The second-order valence-corrected chi connectivity index (χ2v) is 8.88. The number of carbonyl (C=O) groups excluding carboxylic acids is 2. The predicted octanol–water partition coefficient (Wildman–Crippen LogP) is 3.65. The first kappa shape index (κ1) is 18.1. The Labute approximate surface area is 165 Å². The van der Waals surface area contributed by atoms with Crippen LogP contribution in [0.15, 0.2) is 41.1 Å². The number of hydrogen-bond acceptors (Lipinski definition) is 5. The molecule has 5 nitrogen and oxygen atoms in total. The second-order valence-electron chi connectivity index (χ2n) is 6.99. The number of fused-ring (bicyclic) bond motifs is 1. The summed E-state index contributed by atoms with van der Waals surface area (Å²) in [6.45, 7) is 0.446. The van der Waals surface area contributed by atoms with Crippen molar-refractivity contribution in [2.45, 2.75) is 44.2 Å². The van der Waals surface area contributed by atoms with Gasteiger partial charge in [0.1, 0.15) is 5.01 Å². The van der Waals surface area contributed by atoms with Crippen molar-refractivity contribution in [2.24, 2.45) is 0 Å². The van der Waals surface area contributed by atoms with Gasteiger partial charge in [-0.3, -0.25) is 9.59 Å². The molecule has 4 rings (SSSR count).